The summed E-state index contributed by atoms with van der Waals surface area (Å²) in [5, 5.41) is 0.862. The van der Waals surface area contributed by atoms with Gasteiger partial charge in [0.05, 0.1) is 10.5 Å². The highest BCUT2D eigenvalue weighted by atomic mass is 35.5. The summed E-state index contributed by atoms with van der Waals surface area (Å²) in [5.74, 6) is -2.27. The summed E-state index contributed by atoms with van der Waals surface area (Å²) in [5.41, 5.74) is 0.676. The Bertz CT molecular complexity index is 1460. The molecule has 0 aliphatic carbocycles. The molecule has 5 rings (SSSR count). The number of benzene rings is 2. The molecule has 1 amide bonds. The van der Waals surface area contributed by atoms with Crippen LogP contribution in [-0.4, -0.2) is 51.8 Å². The molecule has 0 bridgehead atoms. The Kier molecular flexibility index (Phi) is 6.04. The van der Waals surface area contributed by atoms with E-state index in [-0.39, 0.29) is 29.7 Å². The molecule has 0 saturated carbocycles. The van der Waals surface area contributed by atoms with Crippen LogP contribution in [0.2, 0.25) is 5.02 Å². The van der Waals surface area contributed by atoms with Gasteiger partial charge < -0.3 is 9.80 Å². The number of hydrogen-bond donors (Lipinski definition) is 0. The van der Waals surface area contributed by atoms with Gasteiger partial charge in [-0.15, -0.1) is 11.8 Å². The van der Waals surface area contributed by atoms with Crippen molar-refractivity contribution in [1.29, 1.82) is 0 Å². The van der Waals surface area contributed by atoms with Crippen LogP contribution in [0.3, 0.4) is 0 Å². The van der Waals surface area contributed by atoms with Gasteiger partial charge in [0.15, 0.2) is 5.83 Å². The minimum atomic E-state index is -1.02. The average molecular weight is 521 g/mol. The minimum absolute atomic E-state index is 0.145. The first-order chi connectivity index (χ1) is 16.7. The van der Waals surface area contributed by atoms with E-state index < -0.39 is 29.1 Å². The van der Waals surface area contributed by atoms with Crippen LogP contribution in [0.15, 0.2) is 46.4 Å². The lowest BCUT2D eigenvalue weighted by atomic mass is 10.0. The number of amides is 1. The number of carbonyl (C=O) groups excluding carboxylic acids is 1. The van der Waals surface area contributed by atoms with Crippen molar-refractivity contribution < 1.29 is 18.0 Å². The number of aromatic nitrogens is 2. The first-order valence-corrected chi connectivity index (χ1v) is 12.3. The SMILES string of the molecule is C=C(F)C(=O)N1CCN(c2nc(=O)n3c4c(c(-c5ccc(F)cc5F)c(Cl)cc24)SCC3)[C@@H](C)C1. The zero-order valence-electron chi connectivity index (χ0n) is 18.7. The van der Waals surface area contributed by atoms with E-state index >= 15 is 0 Å². The Morgan fingerprint density at radius 1 is 1.23 bits per heavy atom. The van der Waals surface area contributed by atoms with Gasteiger partial charge in [-0.3, -0.25) is 9.36 Å². The Morgan fingerprint density at radius 2 is 2.00 bits per heavy atom. The smallest absolute Gasteiger partial charge is 0.350 e. The van der Waals surface area contributed by atoms with Crippen molar-refractivity contribution in [3.05, 3.63) is 63.8 Å². The standard InChI is InChI=1S/C24H20ClF3N4O2S/c1-12-11-30(23(33)13(2)26)5-6-31(12)22-16-10-17(25)19(15-4-3-14(27)9-18(15)28)21-20(16)32(7-8-35-21)24(34)29-22/h3-4,9-10,12H,2,5-8,11H2,1H3/t12-/m0/s1. The zero-order valence-corrected chi connectivity index (χ0v) is 20.2. The molecule has 1 fully saturated rings. The average Bonchev–Trinajstić information content (AvgIpc) is 2.81. The monoisotopic (exact) mass is 520 g/mol. The summed E-state index contributed by atoms with van der Waals surface area (Å²) in [6.07, 6.45) is 0. The molecule has 1 atom stereocenters. The van der Waals surface area contributed by atoms with Gasteiger partial charge >= 0.3 is 5.69 Å². The summed E-state index contributed by atoms with van der Waals surface area (Å²) >= 11 is 8.13. The Labute approximate surface area is 208 Å². The quantitative estimate of drug-likeness (QED) is 0.472. The third-order valence-corrected chi connectivity index (χ3v) is 7.70. The second kappa shape index (κ2) is 8.91. The number of rotatable bonds is 3. The molecule has 2 aliphatic rings. The van der Waals surface area contributed by atoms with Gasteiger partial charge in [0, 0.05) is 65.4 Å². The van der Waals surface area contributed by atoms with Gasteiger partial charge in [-0.05, 0) is 25.1 Å². The van der Waals surface area contributed by atoms with Crippen LogP contribution < -0.4 is 10.6 Å². The lowest BCUT2D eigenvalue weighted by molar-refractivity contribution is -0.129. The molecule has 6 nitrogen and oxygen atoms in total. The van der Waals surface area contributed by atoms with Crippen LogP contribution in [0.1, 0.15) is 6.92 Å². The number of halogens is 4. The van der Waals surface area contributed by atoms with E-state index in [1.165, 1.54) is 28.8 Å². The van der Waals surface area contributed by atoms with Crippen LogP contribution in [-0.2, 0) is 11.3 Å². The highest BCUT2D eigenvalue weighted by molar-refractivity contribution is 7.99. The van der Waals surface area contributed by atoms with Crippen molar-refractivity contribution in [2.45, 2.75) is 24.4 Å². The number of nitrogens with zero attached hydrogens (tertiary/aromatic N) is 4. The first kappa shape index (κ1) is 23.7. The normalized spacial score (nSPS) is 17.7. The number of thioether (sulfide) groups is 1. The van der Waals surface area contributed by atoms with Gasteiger partial charge in [0.25, 0.3) is 5.91 Å². The zero-order chi connectivity index (χ0) is 25.0. The summed E-state index contributed by atoms with van der Waals surface area (Å²) in [6, 6.07) is 4.68. The van der Waals surface area contributed by atoms with Crippen LogP contribution in [0, 0.1) is 11.6 Å². The van der Waals surface area contributed by atoms with Gasteiger partial charge in [-0.1, -0.05) is 18.2 Å². The third-order valence-electron chi connectivity index (χ3n) is 6.33. The van der Waals surface area contributed by atoms with Crippen LogP contribution in [0.5, 0.6) is 0 Å². The number of carbonyl (C=O) groups is 1. The molecular formula is C24H20ClF3N4O2S. The molecule has 2 aromatic carbocycles. The van der Waals surface area contributed by atoms with E-state index in [1.807, 2.05) is 11.8 Å². The molecule has 0 spiro atoms. The van der Waals surface area contributed by atoms with Crippen molar-refractivity contribution in [2.24, 2.45) is 0 Å². The summed E-state index contributed by atoms with van der Waals surface area (Å²) in [6.45, 7) is 6.13. The van der Waals surface area contributed by atoms with Crippen molar-refractivity contribution in [3.63, 3.8) is 0 Å². The predicted octanol–water partition coefficient (Wildman–Crippen LogP) is 4.62. The molecule has 0 radical (unpaired) electrons. The molecule has 3 aromatic rings. The largest absolute Gasteiger partial charge is 0.350 e. The number of piperazine rings is 1. The molecule has 0 N–H and O–H groups in total. The fourth-order valence-electron chi connectivity index (χ4n) is 4.74. The fourth-order valence-corrected chi connectivity index (χ4v) is 6.30. The summed E-state index contributed by atoms with van der Waals surface area (Å²) in [4.78, 5) is 33.3. The second-order valence-electron chi connectivity index (χ2n) is 8.50. The van der Waals surface area contributed by atoms with Crippen molar-refractivity contribution in [2.75, 3.05) is 30.3 Å². The van der Waals surface area contributed by atoms with Gasteiger partial charge in [-0.25, -0.2) is 18.0 Å². The highest BCUT2D eigenvalue weighted by Crippen LogP contribution is 2.46. The van der Waals surface area contributed by atoms with Crippen LogP contribution in [0.4, 0.5) is 19.0 Å². The first-order valence-electron chi connectivity index (χ1n) is 10.9. The van der Waals surface area contributed by atoms with E-state index in [0.29, 0.717) is 46.0 Å². The molecule has 3 heterocycles. The second-order valence-corrected chi connectivity index (χ2v) is 10.0. The topological polar surface area (TPSA) is 58.4 Å². The van der Waals surface area contributed by atoms with E-state index in [1.54, 1.807) is 10.6 Å². The lowest BCUT2D eigenvalue weighted by Gasteiger charge is -2.41. The highest BCUT2D eigenvalue weighted by Gasteiger charge is 2.32. The molecule has 182 valence electrons. The number of hydrogen-bond acceptors (Lipinski definition) is 5. The summed E-state index contributed by atoms with van der Waals surface area (Å²) < 4.78 is 43.2. The number of aryl methyl sites for hydroxylation is 1. The van der Waals surface area contributed by atoms with Crippen LogP contribution >= 0.6 is 23.4 Å². The number of anilines is 1. The van der Waals surface area contributed by atoms with E-state index in [4.69, 9.17) is 11.6 Å². The Balaban J connectivity index is 1.68. The van der Waals surface area contributed by atoms with E-state index in [9.17, 15) is 22.8 Å². The van der Waals surface area contributed by atoms with Gasteiger partial charge in [0.2, 0.25) is 0 Å². The third kappa shape index (κ3) is 3.98. The molecule has 1 saturated heterocycles. The predicted molar refractivity (Wildman–Crippen MR) is 131 cm³/mol. The van der Waals surface area contributed by atoms with Crippen LogP contribution in [0.25, 0.3) is 22.0 Å². The van der Waals surface area contributed by atoms with Gasteiger partial charge in [0.1, 0.15) is 17.5 Å². The lowest BCUT2D eigenvalue weighted by Crippen LogP contribution is -2.54. The minimum Gasteiger partial charge on any atom is -0.350 e. The fraction of sp³-hybridized carbons (Fsp3) is 0.292. The van der Waals surface area contributed by atoms with Crippen molar-refractivity contribution in [3.8, 4) is 11.1 Å². The Morgan fingerprint density at radius 3 is 2.69 bits per heavy atom. The molecule has 0 unspecified atom stereocenters. The molecule has 35 heavy (non-hydrogen) atoms. The van der Waals surface area contributed by atoms with E-state index in [0.717, 1.165) is 6.07 Å². The molecular weight excluding hydrogens is 501 g/mol. The summed E-state index contributed by atoms with van der Waals surface area (Å²) in [7, 11) is 0. The van der Waals surface area contributed by atoms with Gasteiger partial charge in [-0.2, -0.15) is 4.98 Å². The molecule has 2 aliphatic heterocycles. The molecule has 11 heteroatoms. The van der Waals surface area contributed by atoms with Crippen molar-refractivity contribution in [1.82, 2.24) is 14.5 Å². The maximum absolute atomic E-state index is 14.7. The maximum Gasteiger partial charge on any atom is 0.350 e. The molecule has 1 aromatic heterocycles. The van der Waals surface area contributed by atoms with Crippen molar-refractivity contribution >= 4 is 46.0 Å². The van der Waals surface area contributed by atoms with E-state index in [2.05, 4.69) is 11.6 Å². The Hall–Kier alpha value is -2.98. The maximum atomic E-state index is 14.7.